The van der Waals surface area contributed by atoms with Crippen LogP contribution in [0.2, 0.25) is 0 Å². The first-order chi connectivity index (χ1) is 12.3. The number of ether oxygens (including phenoxy) is 1. The number of rotatable bonds is 6. The SMILES string of the molecule is CC(C)(C)OC(C)(C)c1ccc(OS(=O)(=O)c2ccccc2[N+](=O)[O-])cc1. The monoisotopic (exact) mass is 393 g/mol. The van der Waals surface area contributed by atoms with Crippen LogP contribution in [0.25, 0.3) is 0 Å². The second-order valence-electron chi connectivity index (χ2n) is 7.51. The van der Waals surface area contributed by atoms with Crippen LogP contribution in [0.15, 0.2) is 53.4 Å². The molecule has 2 aromatic rings. The summed E-state index contributed by atoms with van der Waals surface area (Å²) in [5.41, 5.74) is -0.635. The normalized spacial score (nSPS) is 12.6. The first-order valence-electron chi connectivity index (χ1n) is 8.30. The summed E-state index contributed by atoms with van der Waals surface area (Å²) in [5.74, 6) is 0.0588. The van der Waals surface area contributed by atoms with Gasteiger partial charge in [-0.15, -0.1) is 0 Å². The van der Waals surface area contributed by atoms with E-state index in [0.29, 0.717) is 0 Å². The molecule has 0 aliphatic heterocycles. The van der Waals surface area contributed by atoms with Crippen LogP contribution in [0, 0.1) is 10.1 Å². The fourth-order valence-corrected chi connectivity index (χ4v) is 3.83. The molecule has 2 aromatic carbocycles. The number of para-hydroxylation sites is 1. The number of nitro benzene ring substituents is 1. The number of benzene rings is 2. The molecule has 8 heteroatoms. The van der Waals surface area contributed by atoms with Crippen molar-refractivity contribution >= 4 is 15.8 Å². The largest absolute Gasteiger partial charge is 0.379 e. The number of nitro groups is 1. The molecule has 0 unspecified atom stereocenters. The third kappa shape index (κ3) is 5.27. The standard InChI is InChI=1S/C19H23NO6S/c1-18(2,3)26-19(4,5)14-10-12-15(13-11-14)25-27(23,24)17-9-7-6-8-16(17)20(21)22/h6-13H,1-5H3. The zero-order valence-electron chi connectivity index (χ0n) is 15.9. The lowest BCUT2D eigenvalue weighted by Gasteiger charge is -2.34. The summed E-state index contributed by atoms with van der Waals surface area (Å²) in [7, 11) is -4.34. The quantitative estimate of drug-likeness (QED) is 0.410. The summed E-state index contributed by atoms with van der Waals surface area (Å²) in [5, 5.41) is 11.1. The summed E-state index contributed by atoms with van der Waals surface area (Å²) < 4.78 is 36.0. The summed E-state index contributed by atoms with van der Waals surface area (Å²) in [6.07, 6.45) is 0. The van der Waals surface area contributed by atoms with Gasteiger partial charge in [0.1, 0.15) is 5.75 Å². The Kier molecular flexibility index (Phi) is 5.63. The second-order valence-corrected chi connectivity index (χ2v) is 9.03. The zero-order chi connectivity index (χ0) is 20.5. The Bertz CT molecular complexity index is 927. The van der Waals surface area contributed by atoms with E-state index >= 15 is 0 Å². The molecule has 0 fully saturated rings. The fourth-order valence-electron chi connectivity index (χ4n) is 2.73. The summed E-state index contributed by atoms with van der Waals surface area (Å²) in [4.78, 5) is 9.81. The molecule has 0 atom stereocenters. The van der Waals surface area contributed by atoms with Gasteiger partial charge in [0.25, 0.3) is 5.69 Å². The van der Waals surface area contributed by atoms with E-state index in [9.17, 15) is 18.5 Å². The molecule has 2 rings (SSSR count). The van der Waals surface area contributed by atoms with Crippen molar-refractivity contribution in [2.24, 2.45) is 0 Å². The third-order valence-corrected chi connectivity index (χ3v) is 4.94. The molecule has 0 heterocycles. The van der Waals surface area contributed by atoms with Crippen molar-refractivity contribution in [3.05, 3.63) is 64.2 Å². The van der Waals surface area contributed by atoms with Gasteiger partial charge < -0.3 is 8.92 Å². The third-order valence-electron chi connectivity index (χ3n) is 3.65. The van der Waals surface area contributed by atoms with E-state index in [1.165, 1.54) is 24.3 Å². The maximum Gasteiger partial charge on any atom is 0.346 e. The Morgan fingerprint density at radius 3 is 2.00 bits per heavy atom. The molecule has 27 heavy (non-hydrogen) atoms. The zero-order valence-corrected chi connectivity index (χ0v) is 16.7. The van der Waals surface area contributed by atoms with Crippen LogP contribution in [0.4, 0.5) is 5.69 Å². The van der Waals surface area contributed by atoms with Crippen LogP contribution in [0.1, 0.15) is 40.2 Å². The van der Waals surface area contributed by atoms with E-state index in [1.54, 1.807) is 12.1 Å². The molecule has 146 valence electrons. The Morgan fingerprint density at radius 1 is 0.926 bits per heavy atom. The van der Waals surface area contributed by atoms with Crippen LogP contribution in [0.3, 0.4) is 0 Å². The Morgan fingerprint density at radius 2 is 1.48 bits per heavy atom. The fraction of sp³-hybridized carbons (Fsp3) is 0.368. The van der Waals surface area contributed by atoms with E-state index in [1.807, 2.05) is 34.6 Å². The van der Waals surface area contributed by atoms with E-state index in [0.717, 1.165) is 17.7 Å². The number of nitrogens with zero attached hydrogens (tertiary/aromatic N) is 1. The van der Waals surface area contributed by atoms with Crippen molar-refractivity contribution in [3.8, 4) is 5.75 Å². The summed E-state index contributed by atoms with van der Waals surface area (Å²) >= 11 is 0. The molecule has 0 aliphatic carbocycles. The van der Waals surface area contributed by atoms with E-state index in [2.05, 4.69) is 0 Å². The molecule has 0 N–H and O–H groups in total. The van der Waals surface area contributed by atoms with Gasteiger partial charge in [0.2, 0.25) is 0 Å². The minimum Gasteiger partial charge on any atom is -0.379 e. The van der Waals surface area contributed by atoms with Crippen LogP contribution < -0.4 is 4.18 Å². The van der Waals surface area contributed by atoms with E-state index < -0.39 is 31.2 Å². The predicted octanol–water partition coefficient (Wildman–Crippen LogP) is 4.41. The topological polar surface area (TPSA) is 95.7 Å². The average Bonchev–Trinajstić information content (AvgIpc) is 2.52. The van der Waals surface area contributed by atoms with Crippen molar-refractivity contribution in [1.29, 1.82) is 0 Å². The van der Waals surface area contributed by atoms with Gasteiger partial charge in [0.05, 0.1) is 16.1 Å². The molecular weight excluding hydrogens is 370 g/mol. The average molecular weight is 393 g/mol. The van der Waals surface area contributed by atoms with Gasteiger partial charge >= 0.3 is 10.1 Å². The van der Waals surface area contributed by atoms with Crippen molar-refractivity contribution in [3.63, 3.8) is 0 Å². The molecule has 7 nitrogen and oxygen atoms in total. The van der Waals surface area contributed by atoms with Crippen LogP contribution in [-0.4, -0.2) is 18.9 Å². The molecule has 0 radical (unpaired) electrons. The van der Waals surface area contributed by atoms with Gasteiger partial charge in [-0.1, -0.05) is 24.3 Å². The number of hydrogen-bond acceptors (Lipinski definition) is 6. The van der Waals surface area contributed by atoms with Gasteiger partial charge in [-0.25, -0.2) is 0 Å². The maximum absolute atomic E-state index is 12.4. The number of hydrogen-bond donors (Lipinski definition) is 0. The van der Waals surface area contributed by atoms with Gasteiger partial charge in [-0.05, 0) is 58.4 Å². The van der Waals surface area contributed by atoms with Gasteiger partial charge in [0, 0.05) is 6.07 Å². The van der Waals surface area contributed by atoms with Gasteiger partial charge in [0.15, 0.2) is 4.90 Å². The molecule has 0 spiro atoms. The van der Waals surface area contributed by atoms with Crippen molar-refractivity contribution in [2.45, 2.75) is 50.7 Å². The predicted molar refractivity (Wildman–Crippen MR) is 101 cm³/mol. The highest BCUT2D eigenvalue weighted by molar-refractivity contribution is 7.87. The molecule has 0 saturated carbocycles. The first-order valence-corrected chi connectivity index (χ1v) is 9.71. The molecule has 0 aromatic heterocycles. The Labute approximate surface area is 159 Å². The van der Waals surface area contributed by atoms with E-state index in [-0.39, 0.29) is 11.4 Å². The van der Waals surface area contributed by atoms with Gasteiger partial charge in [-0.2, -0.15) is 8.42 Å². The minimum absolute atomic E-state index is 0.0588. The Hall–Kier alpha value is -2.45. The van der Waals surface area contributed by atoms with Crippen molar-refractivity contribution in [2.75, 3.05) is 0 Å². The lowest BCUT2D eigenvalue weighted by Crippen LogP contribution is -2.32. The van der Waals surface area contributed by atoms with Gasteiger partial charge in [-0.3, -0.25) is 10.1 Å². The molecule has 0 bridgehead atoms. The molecule has 0 amide bonds. The Balaban J connectivity index is 2.28. The van der Waals surface area contributed by atoms with Crippen LogP contribution in [-0.2, 0) is 20.5 Å². The van der Waals surface area contributed by atoms with E-state index in [4.69, 9.17) is 8.92 Å². The first kappa shape index (κ1) is 20.9. The second kappa shape index (κ2) is 7.28. The van der Waals surface area contributed by atoms with Crippen LogP contribution in [0.5, 0.6) is 5.75 Å². The lowest BCUT2D eigenvalue weighted by atomic mass is 9.96. The van der Waals surface area contributed by atoms with Crippen LogP contribution >= 0.6 is 0 Å². The molecular formula is C19H23NO6S. The van der Waals surface area contributed by atoms with Crippen molar-refractivity contribution < 1.29 is 22.3 Å². The smallest absolute Gasteiger partial charge is 0.346 e. The minimum atomic E-state index is -4.34. The molecule has 0 aliphatic rings. The highest BCUT2D eigenvalue weighted by atomic mass is 32.2. The maximum atomic E-state index is 12.4. The highest BCUT2D eigenvalue weighted by Crippen LogP contribution is 2.32. The summed E-state index contributed by atoms with van der Waals surface area (Å²) in [6, 6.07) is 11.5. The van der Waals surface area contributed by atoms with Crippen molar-refractivity contribution in [1.82, 2.24) is 0 Å². The summed E-state index contributed by atoms with van der Waals surface area (Å²) in [6.45, 7) is 9.68. The lowest BCUT2D eigenvalue weighted by molar-refractivity contribution is -0.387. The molecule has 0 saturated heterocycles. The highest BCUT2D eigenvalue weighted by Gasteiger charge is 2.29.